The van der Waals surface area contributed by atoms with Crippen LogP contribution in [0.15, 0.2) is 24.3 Å². The molecule has 21 heavy (non-hydrogen) atoms. The van der Waals surface area contributed by atoms with E-state index in [0.717, 1.165) is 31.7 Å². The summed E-state index contributed by atoms with van der Waals surface area (Å²) < 4.78 is 5.91. The molecule has 1 aromatic rings. The quantitative estimate of drug-likeness (QED) is 0.502. The number of morpholine rings is 1. The van der Waals surface area contributed by atoms with E-state index in [1.807, 2.05) is 24.3 Å². The number of rotatable bonds is 3. The molecule has 0 radical (unpaired) electrons. The average Bonchev–Trinajstić information content (AvgIpc) is 2.55. The number of hydrazine groups is 1. The Bertz CT molecular complexity index is 504. The number of nitrogens with one attached hydrogen (secondary N) is 1. The van der Waals surface area contributed by atoms with Gasteiger partial charge in [-0.1, -0.05) is 31.0 Å². The first-order valence-corrected chi connectivity index (χ1v) is 7.74. The summed E-state index contributed by atoms with van der Waals surface area (Å²) in [5.41, 5.74) is 3.93. The van der Waals surface area contributed by atoms with Crippen molar-refractivity contribution in [3.8, 4) is 0 Å². The summed E-state index contributed by atoms with van der Waals surface area (Å²) in [6.45, 7) is 2.50. The van der Waals surface area contributed by atoms with Crippen molar-refractivity contribution in [2.45, 2.75) is 44.4 Å². The third-order valence-corrected chi connectivity index (χ3v) is 4.61. The summed E-state index contributed by atoms with van der Waals surface area (Å²) in [6.07, 6.45) is 5.25. The van der Waals surface area contributed by atoms with Crippen molar-refractivity contribution < 1.29 is 9.53 Å². The Morgan fingerprint density at radius 3 is 3.00 bits per heavy atom. The van der Waals surface area contributed by atoms with E-state index < -0.39 is 0 Å². The van der Waals surface area contributed by atoms with Crippen LogP contribution in [-0.2, 0) is 11.3 Å². The lowest BCUT2D eigenvalue weighted by Gasteiger charge is -2.44. The molecule has 2 aliphatic rings. The molecule has 1 aromatic carbocycles. The maximum absolute atomic E-state index is 11.9. The van der Waals surface area contributed by atoms with Crippen LogP contribution in [0, 0.1) is 0 Å². The predicted octanol–water partition coefficient (Wildman–Crippen LogP) is 1.43. The van der Waals surface area contributed by atoms with Gasteiger partial charge in [-0.25, -0.2) is 5.84 Å². The van der Waals surface area contributed by atoms with Gasteiger partial charge in [0.2, 0.25) is 0 Å². The van der Waals surface area contributed by atoms with Gasteiger partial charge in [0.15, 0.2) is 0 Å². The van der Waals surface area contributed by atoms with Crippen molar-refractivity contribution in [3.05, 3.63) is 35.4 Å². The number of hydrogen-bond acceptors (Lipinski definition) is 4. The normalized spacial score (nSPS) is 26.1. The van der Waals surface area contributed by atoms with E-state index >= 15 is 0 Å². The highest BCUT2D eigenvalue weighted by molar-refractivity contribution is 5.95. The summed E-state index contributed by atoms with van der Waals surface area (Å²) >= 11 is 0. The third kappa shape index (κ3) is 3.10. The van der Waals surface area contributed by atoms with Crippen LogP contribution in [0.1, 0.15) is 41.6 Å². The number of carbonyl (C=O) groups excluding carboxylic acids is 1. The van der Waals surface area contributed by atoms with Crippen molar-refractivity contribution in [1.82, 2.24) is 10.3 Å². The molecule has 0 spiro atoms. The molecule has 3 N–H and O–H groups in total. The maximum Gasteiger partial charge on any atom is 0.265 e. The summed E-state index contributed by atoms with van der Waals surface area (Å²) in [5.74, 6) is 5.06. The van der Waals surface area contributed by atoms with Crippen LogP contribution in [-0.4, -0.2) is 36.1 Å². The van der Waals surface area contributed by atoms with Gasteiger partial charge in [0.05, 0.1) is 12.7 Å². The Kier molecular flexibility index (Phi) is 4.53. The summed E-state index contributed by atoms with van der Waals surface area (Å²) in [4.78, 5) is 14.3. The fourth-order valence-corrected chi connectivity index (χ4v) is 3.55. The first-order chi connectivity index (χ1) is 10.3. The Morgan fingerprint density at radius 2 is 2.14 bits per heavy atom. The molecule has 3 rings (SSSR count). The van der Waals surface area contributed by atoms with E-state index in [-0.39, 0.29) is 5.91 Å². The van der Waals surface area contributed by atoms with Gasteiger partial charge in [-0.3, -0.25) is 15.1 Å². The molecule has 2 fully saturated rings. The van der Waals surface area contributed by atoms with Gasteiger partial charge >= 0.3 is 0 Å². The van der Waals surface area contributed by atoms with Gasteiger partial charge in [0.25, 0.3) is 5.91 Å². The van der Waals surface area contributed by atoms with Crippen molar-refractivity contribution in [1.29, 1.82) is 0 Å². The van der Waals surface area contributed by atoms with Crippen LogP contribution in [0.2, 0.25) is 0 Å². The number of amides is 1. The molecule has 1 aliphatic carbocycles. The van der Waals surface area contributed by atoms with Crippen molar-refractivity contribution in [2.24, 2.45) is 5.84 Å². The number of benzene rings is 1. The zero-order valence-corrected chi connectivity index (χ0v) is 12.3. The molecule has 2 unspecified atom stereocenters. The fourth-order valence-electron chi connectivity index (χ4n) is 3.55. The minimum atomic E-state index is -0.223. The smallest absolute Gasteiger partial charge is 0.265 e. The zero-order chi connectivity index (χ0) is 14.7. The zero-order valence-electron chi connectivity index (χ0n) is 12.3. The van der Waals surface area contributed by atoms with E-state index in [0.29, 0.717) is 17.7 Å². The van der Waals surface area contributed by atoms with Crippen LogP contribution in [0.25, 0.3) is 0 Å². The van der Waals surface area contributed by atoms with Crippen LogP contribution < -0.4 is 11.3 Å². The number of nitrogens with zero attached hydrogens (tertiary/aromatic N) is 1. The summed E-state index contributed by atoms with van der Waals surface area (Å²) in [5, 5.41) is 0. The van der Waals surface area contributed by atoms with Gasteiger partial charge < -0.3 is 4.74 Å². The molecule has 1 aliphatic heterocycles. The second-order valence-corrected chi connectivity index (χ2v) is 5.86. The Hall–Kier alpha value is -1.43. The number of ether oxygens (including phenoxy) is 1. The van der Waals surface area contributed by atoms with Crippen LogP contribution in [0.5, 0.6) is 0 Å². The third-order valence-electron chi connectivity index (χ3n) is 4.61. The van der Waals surface area contributed by atoms with Crippen molar-refractivity contribution in [2.75, 3.05) is 13.2 Å². The molecule has 1 saturated carbocycles. The number of nitrogen functional groups attached to an aromatic ring is 1. The Morgan fingerprint density at radius 1 is 1.33 bits per heavy atom. The minimum Gasteiger partial charge on any atom is -0.375 e. The molecule has 114 valence electrons. The van der Waals surface area contributed by atoms with Crippen LogP contribution in [0.4, 0.5) is 0 Å². The SMILES string of the molecule is NNC(=O)c1ccccc1CN1CCOC2CCCCC21. The second kappa shape index (κ2) is 6.56. The van der Waals surface area contributed by atoms with Crippen LogP contribution in [0.3, 0.4) is 0 Å². The Balaban J connectivity index is 1.78. The summed E-state index contributed by atoms with van der Waals surface area (Å²) in [6, 6.07) is 8.17. The lowest BCUT2D eigenvalue weighted by molar-refractivity contribution is -0.0911. The maximum atomic E-state index is 11.9. The molecule has 5 heteroatoms. The number of nitrogens with two attached hydrogens (primary N) is 1. The lowest BCUT2D eigenvalue weighted by atomic mass is 9.89. The van der Waals surface area contributed by atoms with E-state index in [1.54, 1.807) is 0 Å². The van der Waals surface area contributed by atoms with Gasteiger partial charge in [0, 0.05) is 24.7 Å². The van der Waals surface area contributed by atoms with Gasteiger partial charge in [0.1, 0.15) is 0 Å². The minimum absolute atomic E-state index is 0.223. The highest BCUT2D eigenvalue weighted by atomic mass is 16.5. The molecule has 0 aromatic heterocycles. The number of fused-ring (bicyclic) bond motifs is 1. The van der Waals surface area contributed by atoms with E-state index in [9.17, 15) is 4.79 Å². The van der Waals surface area contributed by atoms with E-state index in [4.69, 9.17) is 10.6 Å². The van der Waals surface area contributed by atoms with E-state index in [1.165, 1.54) is 19.3 Å². The molecule has 2 atom stereocenters. The van der Waals surface area contributed by atoms with Crippen molar-refractivity contribution >= 4 is 5.91 Å². The van der Waals surface area contributed by atoms with Crippen LogP contribution >= 0.6 is 0 Å². The largest absolute Gasteiger partial charge is 0.375 e. The second-order valence-electron chi connectivity index (χ2n) is 5.86. The molecular formula is C16H23N3O2. The predicted molar refractivity (Wildman–Crippen MR) is 80.5 cm³/mol. The molecule has 1 heterocycles. The van der Waals surface area contributed by atoms with Crippen molar-refractivity contribution in [3.63, 3.8) is 0 Å². The van der Waals surface area contributed by atoms with Gasteiger partial charge in [-0.15, -0.1) is 0 Å². The molecule has 1 amide bonds. The standard InChI is InChI=1S/C16H23N3O2/c17-18-16(20)13-6-2-1-5-12(13)11-19-9-10-21-15-8-4-3-7-14(15)19/h1-2,5-6,14-15H,3-4,7-11,17H2,(H,18,20). The molecular weight excluding hydrogens is 266 g/mol. The number of hydrogen-bond donors (Lipinski definition) is 2. The molecule has 1 saturated heterocycles. The summed E-state index contributed by atoms with van der Waals surface area (Å²) in [7, 11) is 0. The molecule has 5 nitrogen and oxygen atoms in total. The number of carbonyl (C=O) groups is 1. The highest BCUT2D eigenvalue weighted by Crippen LogP contribution is 2.29. The fraction of sp³-hybridized carbons (Fsp3) is 0.562. The first-order valence-electron chi connectivity index (χ1n) is 7.74. The Labute approximate surface area is 125 Å². The van der Waals surface area contributed by atoms with Gasteiger partial charge in [-0.05, 0) is 24.5 Å². The molecule has 0 bridgehead atoms. The highest BCUT2D eigenvalue weighted by Gasteiger charge is 2.34. The first kappa shape index (κ1) is 14.5. The lowest BCUT2D eigenvalue weighted by Crippen LogP contribution is -2.52. The average molecular weight is 289 g/mol. The van der Waals surface area contributed by atoms with Gasteiger partial charge in [-0.2, -0.15) is 0 Å². The monoisotopic (exact) mass is 289 g/mol. The van der Waals surface area contributed by atoms with E-state index in [2.05, 4.69) is 10.3 Å². The topological polar surface area (TPSA) is 67.6 Å².